The summed E-state index contributed by atoms with van der Waals surface area (Å²) in [5, 5.41) is 14.0. The lowest BCUT2D eigenvalue weighted by Crippen LogP contribution is -2.58. The third-order valence-electron chi connectivity index (χ3n) is 4.48. The first-order valence-corrected chi connectivity index (χ1v) is 7.91. The van der Waals surface area contributed by atoms with Gasteiger partial charge in [-0.3, -0.25) is 4.79 Å². The van der Waals surface area contributed by atoms with Crippen molar-refractivity contribution in [1.82, 2.24) is 14.7 Å². The largest absolute Gasteiger partial charge is 0.418 e. The maximum atomic E-state index is 13.0. The number of carbonyl (C=O) groups excluding carboxylic acids is 1. The molecule has 1 aromatic carbocycles. The number of rotatable bonds is 2. The lowest BCUT2D eigenvalue weighted by Gasteiger charge is -2.40. The van der Waals surface area contributed by atoms with Crippen LogP contribution in [-0.2, 0) is 0 Å². The number of benzene rings is 1. The van der Waals surface area contributed by atoms with E-state index >= 15 is 0 Å². The van der Waals surface area contributed by atoms with Crippen molar-refractivity contribution in [3.05, 3.63) is 47.8 Å². The fourth-order valence-electron chi connectivity index (χ4n) is 3.01. The van der Waals surface area contributed by atoms with Crippen LogP contribution in [0.15, 0.2) is 36.5 Å². The van der Waals surface area contributed by atoms with Crippen LogP contribution < -0.4 is 0 Å². The zero-order chi connectivity index (χ0) is 18.2. The van der Waals surface area contributed by atoms with E-state index < -0.39 is 30.7 Å². The summed E-state index contributed by atoms with van der Waals surface area (Å²) in [6.45, 7) is 1.34. The van der Waals surface area contributed by atoms with E-state index in [0.717, 1.165) is 16.3 Å². The number of β-amino-alcohol motifs (C(OH)–C–C–N with tert-alkyl or cyclic N) is 1. The van der Waals surface area contributed by atoms with Gasteiger partial charge in [-0.05, 0) is 50.1 Å². The number of hydrogen-bond donors (Lipinski definition) is 1. The van der Waals surface area contributed by atoms with Gasteiger partial charge in [-0.25, -0.2) is 4.68 Å². The van der Waals surface area contributed by atoms with Crippen LogP contribution in [0.5, 0.6) is 0 Å². The number of aliphatic hydroxyl groups is 1. The molecule has 0 spiro atoms. The second-order valence-corrected chi connectivity index (χ2v) is 6.29. The van der Waals surface area contributed by atoms with Crippen LogP contribution in [0.3, 0.4) is 0 Å². The lowest BCUT2D eigenvalue weighted by molar-refractivity contribution is -0.271. The van der Waals surface area contributed by atoms with Crippen molar-refractivity contribution >= 4 is 5.91 Å². The van der Waals surface area contributed by atoms with Gasteiger partial charge in [0.25, 0.3) is 5.91 Å². The van der Waals surface area contributed by atoms with Gasteiger partial charge in [0.05, 0.1) is 12.2 Å². The Morgan fingerprint density at radius 1 is 1.24 bits per heavy atom. The fourth-order valence-corrected chi connectivity index (χ4v) is 3.01. The van der Waals surface area contributed by atoms with Gasteiger partial charge in [-0.15, -0.1) is 0 Å². The van der Waals surface area contributed by atoms with Crippen LogP contribution in [0, 0.1) is 6.92 Å². The molecule has 0 bridgehead atoms. The molecule has 2 heterocycles. The molecule has 0 saturated carbocycles. The molecule has 1 saturated heterocycles. The minimum absolute atomic E-state index is 0.103. The number of nitrogens with zero attached hydrogens (tertiary/aromatic N) is 3. The standard InChI is InChI=1S/C17H18F3N3O2/c1-12-7-9-21-23(12)14-5-3-13(4-6-14)15(24)22-10-2-8-16(25,11-22)17(18,19)20/h3-7,9,25H,2,8,10-11H2,1H3. The van der Waals surface area contributed by atoms with E-state index in [0.29, 0.717) is 0 Å². The quantitative estimate of drug-likeness (QED) is 0.903. The van der Waals surface area contributed by atoms with E-state index in [1.165, 1.54) is 0 Å². The second kappa shape index (κ2) is 6.18. The van der Waals surface area contributed by atoms with E-state index in [-0.39, 0.29) is 18.5 Å². The van der Waals surface area contributed by atoms with Crippen molar-refractivity contribution in [3.63, 3.8) is 0 Å². The van der Waals surface area contributed by atoms with Gasteiger partial charge >= 0.3 is 6.18 Å². The minimum Gasteiger partial charge on any atom is -0.379 e. The lowest BCUT2D eigenvalue weighted by atomic mass is 9.92. The summed E-state index contributed by atoms with van der Waals surface area (Å²) in [5.74, 6) is -0.522. The van der Waals surface area contributed by atoms with Gasteiger partial charge < -0.3 is 10.0 Å². The number of aryl methyl sites for hydroxylation is 1. The molecule has 3 rings (SSSR count). The third kappa shape index (κ3) is 3.26. The molecular formula is C17H18F3N3O2. The molecule has 2 aromatic rings. The Labute approximate surface area is 142 Å². The summed E-state index contributed by atoms with van der Waals surface area (Å²) < 4.78 is 40.7. The summed E-state index contributed by atoms with van der Waals surface area (Å²) in [4.78, 5) is 13.6. The molecule has 0 aliphatic carbocycles. The van der Waals surface area contributed by atoms with Crippen LogP contribution >= 0.6 is 0 Å². The van der Waals surface area contributed by atoms with E-state index in [4.69, 9.17) is 0 Å². The molecule has 8 heteroatoms. The number of piperidine rings is 1. The Morgan fingerprint density at radius 2 is 1.92 bits per heavy atom. The van der Waals surface area contributed by atoms with E-state index in [2.05, 4.69) is 5.10 Å². The summed E-state index contributed by atoms with van der Waals surface area (Å²) in [6, 6.07) is 8.32. The van der Waals surface area contributed by atoms with Gasteiger partial charge in [0, 0.05) is 24.0 Å². The van der Waals surface area contributed by atoms with Crippen molar-refractivity contribution in [2.45, 2.75) is 31.5 Å². The Bertz CT molecular complexity index is 770. The maximum Gasteiger partial charge on any atom is 0.418 e. The normalized spacial score (nSPS) is 21.4. The first-order chi connectivity index (χ1) is 11.7. The predicted molar refractivity (Wildman–Crippen MR) is 84.4 cm³/mol. The molecule has 0 radical (unpaired) electrons. The number of likely N-dealkylation sites (tertiary alicyclic amines) is 1. The van der Waals surface area contributed by atoms with E-state index in [9.17, 15) is 23.1 Å². The van der Waals surface area contributed by atoms with Crippen LogP contribution in [0.1, 0.15) is 28.9 Å². The highest BCUT2D eigenvalue weighted by Crippen LogP contribution is 2.37. The molecule has 25 heavy (non-hydrogen) atoms. The zero-order valence-corrected chi connectivity index (χ0v) is 13.6. The molecule has 5 nitrogen and oxygen atoms in total. The van der Waals surface area contributed by atoms with Gasteiger partial charge in [0.15, 0.2) is 5.60 Å². The highest BCUT2D eigenvalue weighted by atomic mass is 19.4. The number of alkyl halides is 3. The third-order valence-corrected chi connectivity index (χ3v) is 4.48. The van der Waals surface area contributed by atoms with Gasteiger partial charge in [-0.1, -0.05) is 0 Å². The predicted octanol–water partition coefficient (Wildman–Crippen LogP) is 2.71. The van der Waals surface area contributed by atoms with Crippen LogP contribution in [0.25, 0.3) is 5.69 Å². The van der Waals surface area contributed by atoms with E-state index in [1.54, 1.807) is 35.1 Å². The van der Waals surface area contributed by atoms with Gasteiger partial charge in [-0.2, -0.15) is 18.3 Å². The Kier molecular flexibility index (Phi) is 4.32. The Balaban J connectivity index is 1.78. The number of aromatic nitrogens is 2. The SMILES string of the molecule is Cc1ccnn1-c1ccc(C(=O)N2CCCC(O)(C(F)(F)F)C2)cc1. The summed E-state index contributed by atoms with van der Waals surface area (Å²) >= 11 is 0. The van der Waals surface area contributed by atoms with Crippen LogP contribution in [0.4, 0.5) is 13.2 Å². The molecule has 1 aliphatic heterocycles. The van der Waals surface area contributed by atoms with Crippen molar-refractivity contribution in [2.24, 2.45) is 0 Å². The second-order valence-electron chi connectivity index (χ2n) is 6.29. The van der Waals surface area contributed by atoms with Crippen molar-refractivity contribution < 1.29 is 23.1 Å². The zero-order valence-electron chi connectivity index (χ0n) is 13.6. The number of hydrogen-bond acceptors (Lipinski definition) is 3. The molecule has 134 valence electrons. The smallest absolute Gasteiger partial charge is 0.379 e. The monoisotopic (exact) mass is 353 g/mol. The molecule has 1 atom stereocenters. The van der Waals surface area contributed by atoms with Crippen LogP contribution in [-0.4, -0.2) is 50.6 Å². The van der Waals surface area contributed by atoms with Gasteiger partial charge in [0.2, 0.25) is 0 Å². The molecule has 1 fully saturated rings. The molecule has 1 unspecified atom stereocenters. The Morgan fingerprint density at radius 3 is 2.48 bits per heavy atom. The summed E-state index contributed by atoms with van der Waals surface area (Å²) in [6.07, 6.45) is -3.39. The fraction of sp³-hybridized carbons (Fsp3) is 0.412. The Hall–Kier alpha value is -2.35. The summed E-state index contributed by atoms with van der Waals surface area (Å²) in [5.41, 5.74) is -0.887. The molecule has 1 aliphatic rings. The molecule has 1 amide bonds. The highest BCUT2D eigenvalue weighted by molar-refractivity contribution is 5.94. The topological polar surface area (TPSA) is 58.4 Å². The van der Waals surface area contributed by atoms with Gasteiger partial charge in [0.1, 0.15) is 0 Å². The summed E-state index contributed by atoms with van der Waals surface area (Å²) in [7, 11) is 0. The van der Waals surface area contributed by atoms with Crippen molar-refractivity contribution in [1.29, 1.82) is 0 Å². The van der Waals surface area contributed by atoms with E-state index in [1.807, 2.05) is 13.0 Å². The van der Waals surface area contributed by atoms with Crippen molar-refractivity contribution in [2.75, 3.05) is 13.1 Å². The average molecular weight is 353 g/mol. The number of carbonyl (C=O) groups is 1. The number of halogens is 3. The first kappa shape index (κ1) is 17.5. The maximum absolute atomic E-state index is 13.0. The minimum atomic E-state index is -4.76. The molecular weight excluding hydrogens is 335 g/mol. The average Bonchev–Trinajstić information content (AvgIpc) is 2.99. The van der Waals surface area contributed by atoms with Crippen LogP contribution in [0.2, 0.25) is 0 Å². The first-order valence-electron chi connectivity index (χ1n) is 7.91. The molecule has 1 N–H and O–H groups in total. The highest BCUT2D eigenvalue weighted by Gasteiger charge is 2.55. The molecule has 1 aromatic heterocycles. The number of amides is 1. The van der Waals surface area contributed by atoms with Crippen molar-refractivity contribution in [3.8, 4) is 5.69 Å².